The molecule has 8 nitrogen and oxygen atoms in total. The van der Waals surface area contributed by atoms with E-state index in [1.807, 2.05) is 103 Å². The Morgan fingerprint density at radius 1 is 0.712 bits per heavy atom. The van der Waals surface area contributed by atoms with Gasteiger partial charge in [0.1, 0.15) is 5.75 Å². The molecule has 52 heavy (non-hydrogen) atoms. The summed E-state index contributed by atoms with van der Waals surface area (Å²) in [4.78, 5) is 62.6. The van der Waals surface area contributed by atoms with Gasteiger partial charge in [0.25, 0.3) is 0 Å². The molecule has 2 aliphatic heterocycles. The van der Waals surface area contributed by atoms with Crippen molar-refractivity contribution in [1.29, 1.82) is 0 Å². The number of aromatic hydroxyl groups is 1. The van der Waals surface area contributed by atoms with Crippen molar-refractivity contribution in [3.8, 4) is 5.75 Å². The number of benzene rings is 4. The molecule has 8 heteroatoms. The molecule has 5 aliphatic rings. The second-order valence-corrected chi connectivity index (χ2v) is 14.5. The highest BCUT2D eigenvalue weighted by Crippen LogP contribution is 2.64. The first kappa shape index (κ1) is 32.3. The van der Waals surface area contributed by atoms with Crippen LogP contribution < -0.4 is 9.80 Å². The number of ether oxygens (including phenoxy) is 1. The van der Waals surface area contributed by atoms with Crippen LogP contribution in [-0.4, -0.2) is 54.8 Å². The average molecular weight is 691 g/mol. The molecule has 2 heterocycles. The van der Waals surface area contributed by atoms with E-state index < -0.39 is 35.0 Å². The van der Waals surface area contributed by atoms with E-state index in [1.54, 1.807) is 12.1 Å². The van der Waals surface area contributed by atoms with Gasteiger partial charge in [-0.3, -0.25) is 24.1 Å². The standard InChI is InChI=1S/C44H38N2O6/c47-37-14-8-7-13-32(37)40-31-19-20-33-39(43(51)46(42(33)50)30-17-15-29(16-18-30)45-21-23-52-24-22-45)35(31)25-36-41(49)34(27-9-3-1-4-10-27)26-38(48)44(36,40)28-11-5-2-6-12-28/h1-19,26,33,35-36,39-40,47H,20-25H2. The molecule has 260 valence electrons. The number of anilines is 2. The summed E-state index contributed by atoms with van der Waals surface area (Å²) in [5, 5.41) is 11.5. The number of phenolic OH excluding ortho intramolecular Hbond substituents is 1. The number of allylic oxidation sites excluding steroid dienone is 4. The van der Waals surface area contributed by atoms with Crippen molar-refractivity contribution in [3.05, 3.63) is 144 Å². The van der Waals surface area contributed by atoms with E-state index in [-0.39, 0.29) is 35.6 Å². The van der Waals surface area contributed by atoms with Crippen LogP contribution in [0.2, 0.25) is 0 Å². The van der Waals surface area contributed by atoms with Gasteiger partial charge in [0.2, 0.25) is 11.8 Å². The molecule has 6 atom stereocenters. The predicted octanol–water partition coefficient (Wildman–Crippen LogP) is 6.26. The Balaban J connectivity index is 1.18. The van der Waals surface area contributed by atoms with Crippen LogP contribution in [0.15, 0.2) is 127 Å². The fourth-order valence-corrected chi connectivity index (χ4v) is 9.84. The zero-order valence-electron chi connectivity index (χ0n) is 28.6. The highest BCUT2D eigenvalue weighted by molar-refractivity contribution is 6.32. The van der Waals surface area contributed by atoms with Gasteiger partial charge in [0, 0.05) is 41.7 Å². The number of fused-ring (bicyclic) bond motifs is 4. The summed E-state index contributed by atoms with van der Waals surface area (Å²) >= 11 is 0. The summed E-state index contributed by atoms with van der Waals surface area (Å²) in [6, 6.07) is 33.2. The minimum absolute atomic E-state index is 0.0131. The number of para-hydroxylation sites is 1. The highest BCUT2D eigenvalue weighted by atomic mass is 16.5. The lowest BCUT2D eigenvalue weighted by atomic mass is 9.44. The number of amides is 2. The average Bonchev–Trinajstić information content (AvgIpc) is 3.45. The van der Waals surface area contributed by atoms with Crippen LogP contribution in [0.4, 0.5) is 11.4 Å². The van der Waals surface area contributed by atoms with E-state index in [2.05, 4.69) is 4.90 Å². The molecule has 0 spiro atoms. The van der Waals surface area contributed by atoms with E-state index in [1.165, 1.54) is 11.0 Å². The van der Waals surface area contributed by atoms with Crippen molar-refractivity contribution in [3.63, 3.8) is 0 Å². The van der Waals surface area contributed by atoms with Crippen LogP contribution in [0.5, 0.6) is 5.75 Å². The molecule has 0 radical (unpaired) electrons. The van der Waals surface area contributed by atoms with Crippen LogP contribution in [0, 0.1) is 23.7 Å². The van der Waals surface area contributed by atoms with Gasteiger partial charge >= 0.3 is 0 Å². The number of rotatable bonds is 5. The molecule has 6 unspecified atom stereocenters. The topological polar surface area (TPSA) is 104 Å². The lowest BCUT2D eigenvalue weighted by Crippen LogP contribution is -2.58. The predicted molar refractivity (Wildman–Crippen MR) is 197 cm³/mol. The molecular weight excluding hydrogens is 652 g/mol. The maximum Gasteiger partial charge on any atom is 0.238 e. The minimum atomic E-state index is -1.38. The zero-order valence-corrected chi connectivity index (χ0v) is 28.6. The molecule has 1 N–H and O–H groups in total. The van der Waals surface area contributed by atoms with Gasteiger partial charge in [0.15, 0.2) is 11.6 Å². The number of phenols is 1. The molecule has 2 saturated heterocycles. The quantitative estimate of drug-likeness (QED) is 0.195. The zero-order chi connectivity index (χ0) is 35.6. The summed E-state index contributed by atoms with van der Waals surface area (Å²) in [5.41, 5.74) is 3.18. The van der Waals surface area contributed by atoms with Gasteiger partial charge in [-0.15, -0.1) is 0 Å². The smallest absolute Gasteiger partial charge is 0.238 e. The molecular formula is C44H38N2O6. The van der Waals surface area contributed by atoms with Gasteiger partial charge in [-0.2, -0.15) is 0 Å². The van der Waals surface area contributed by atoms with Crippen molar-refractivity contribution >= 4 is 40.3 Å². The third-order valence-corrected chi connectivity index (χ3v) is 12.1. The molecule has 1 saturated carbocycles. The molecule has 0 bridgehead atoms. The number of imide groups is 1. The van der Waals surface area contributed by atoms with E-state index in [0.717, 1.165) is 24.4 Å². The van der Waals surface area contributed by atoms with E-state index in [9.17, 15) is 14.7 Å². The maximum absolute atomic E-state index is 15.1. The van der Waals surface area contributed by atoms with Crippen LogP contribution >= 0.6 is 0 Å². The monoisotopic (exact) mass is 690 g/mol. The Kier molecular flexibility index (Phi) is 7.81. The first-order chi connectivity index (χ1) is 25.4. The van der Waals surface area contributed by atoms with Gasteiger partial charge < -0.3 is 14.7 Å². The third-order valence-electron chi connectivity index (χ3n) is 12.1. The Bertz CT molecular complexity index is 2150. The maximum atomic E-state index is 15.1. The number of Topliss-reactive ketones (excluding diaryl/α,β-unsaturated/α-hetero) is 1. The lowest BCUT2D eigenvalue weighted by Gasteiger charge is -2.55. The molecule has 0 aromatic heterocycles. The van der Waals surface area contributed by atoms with Crippen LogP contribution in [0.3, 0.4) is 0 Å². The van der Waals surface area contributed by atoms with Crippen molar-refractivity contribution in [2.75, 3.05) is 36.1 Å². The number of ketones is 2. The minimum Gasteiger partial charge on any atom is -0.508 e. The van der Waals surface area contributed by atoms with Crippen LogP contribution in [0.1, 0.15) is 35.4 Å². The summed E-state index contributed by atoms with van der Waals surface area (Å²) in [7, 11) is 0. The van der Waals surface area contributed by atoms with Gasteiger partial charge in [0.05, 0.1) is 36.2 Å². The summed E-state index contributed by atoms with van der Waals surface area (Å²) in [6.45, 7) is 2.84. The van der Waals surface area contributed by atoms with Crippen LogP contribution in [0.25, 0.3) is 5.57 Å². The number of hydrogen-bond acceptors (Lipinski definition) is 7. The number of morpholine rings is 1. The fraction of sp³-hybridized carbons (Fsp3) is 0.273. The van der Waals surface area contributed by atoms with Gasteiger partial charge in [-0.25, -0.2) is 0 Å². The molecule has 4 aromatic rings. The van der Waals surface area contributed by atoms with Crippen molar-refractivity contribution in [1.82, 2.24) is 0 Å². The summed E-state index contributed by atoms with van der Waals surface area (Å²) in [6.07, 6.45) is 4.04. The Morgan fingerprint density at radius 3 is 2.08 bits per heavy atom. The third kappa shape index (κ3) is 4.77. The molecule has 4 aromatic carbocycles. The second kappa shape index (κ2) is 12.6. The number of carbonyl (C=O) groups excluding carboxylic acids is 4. The first-order valence-electron chi connectivity index (χ1n) is 18.1. The number of nitrogens with zero attached hydrogens (tertiary/aromatic N) is 2. The number of carbonyl (C=O) groups is 4. The molecule has 3 aliphatic carbocycles. The second-order valence-electron chi connectivity index (χ2n) is 14.5. The van der Waals surface area contributed by atoms with E-state index in [4.69, 9.17) is 4.74 Å². The van der Waals surface area contributed by atoms with Gasteiger partial charge in [-0.05, 0) is 66.3 Å². The van der Waals surface area contributed by atoms with E-state index in [0.29, 0.717) is 47.6 Å². The largest absolute Gasteiger partial charge is 0.508 e. The van der Waals surface area contributed by atoms with E-state index >= 15 is 9.59 Å². The van der Waals surface area contributed by atoms with Crippen molar-refractivity contribution < 1.29 is 29.0 Å². The molecule has 2 amide bonds. The molecule has 9 rings (SSSR count). The first-order valence-corrected chi connectivity index (χ1v) is 18.1. The normalized spacial score (nSPS) is 28.5. The highest BCUT2D eigenvalue weighted by Gasteiger charge is 2.66. The Morgan fingerprint density at radius 2 is 1.37 bits per heavy atom. The SMILES string of the molecule is O=C1C(c2ccccc2)=CC(=O)C2(c3ccccc3)C1CC1C(=CCC3C(=O)N(c4ccc(N5CCOCC5)cc4)C(=O)C31)C2c1ccccc1O. The van der Waals surface area contributed by atoms with Crippen molar-refractivity contribution in [2.24, 2.45) is 23.7 Å². The summed E-state index contributed by atoms with van der Waals surface area (Å²) < 4.78 is 5.50. The number of hydrogen-bond donors (Lipinski definition) is 1. The molecule has 3 fully saturated rings. The Labute approximate surface area is 302 Å². The lowest BCUT2D eigenvalue weighted by molar-refractivity contribution is -0.135. The van der Waals surface area contributed by atoms with Crippen molar-refractivity contribution in [2.45, 2.75) is 24.2 Å². The Hall–Kier alpha value is -5.60. The van der Waals surface area contributed by atoms with Crippen LogP contribution in [-0.2, 0) is 29.3 Å². The van der Waals surface area contributed by atoms with Gasteiger partial charge in [-0.1, -0.05) is 90.5 Å². The fourth-order valence-electron chi connectivity index (χ4n) is 9.84. The summed E-state index contributed by atoms with van der Waals surface area (Å²) in [5.74, 6) is -4.37.